The maximum atomic E-state index is 5.40. The second kappa shape index (κ2) is 5.96. The van der Waals surface area contributed by atoms with Crippen molar-refractivity contribution in [1.82, 2.24) is 0 Å². The molecule has 0 saturated carbocycles. The number of methoxy groups -OCH3 is 1. The van der Waals surface area contributed by atoms with Crippen LogP contribution in [0.2, 0.25) is 0 Å². The van der Waals surface area contributed by atoms with E-state index in [1.165, 1.54) is 0 Å². The zero-order valence-electron chi connectivity index (χ0n) is 8.16. The molecule has 1 aromatic rings. The van der Waals surface area contributed by atoms with Gasteiger partial charge in [0.05, 0.1) is 6.61 Å². The first-order valence-corrected chi connectivity index (χ1v) is 5.21. The van der Waals surface area contributed by atoms with Crippen molar-refractivity contribution in [3.8, 4) is 0 Å². The predicted molar refractivity (Wildman–Crippen MR) is 62.9 cm³/mol. The monoisotopic (exact) mass is 255 g/mol. The van der Waals surface area contributed by atoms with Gasteiger partial charge in [-0.25, -0.2) is 0 Å². The molecule has 2 N–H and O–H groups in total. The highest BCUT2D eigenvalue weighted by Gasteiger charge is 1.99. The molecule has 0 radical (unpaired) electrons. The quantitative estimate of drug-likeness (QED) is 0.898. The van der Waals surface area contributed by atoms with Crippen LogP contribution in [0.3, 0.4) is 0 Å². The molecule has 14 heavy (non-hydrogen) atoms. The maximum Gasteiger partial charge on any atom is 0.0719 e. The lowest BCUT2D eigenvalue weighted by Gasteiger charge is -2.05. The van der Waals surface area contributed by atoms with Gasteiger partial charge in [-0.3, -0.25) is 0 Å². The molecule has 0 fully saturated rings. The molecule has 0 saturated heterocycles. The fourth-order valence-corrected chi connectivity index (χ4v) is 1.62. The van der Waals surface area contributed by atoms with Crippen molar-refractivity contribution >= 4 is 22.0 Å². The molecule has 0 atom stereocenters. The van der Waals surface area contributed by atoms with Crippen LogP contribution in [-0.2, 0) is 11.3 Å². The summed E-state index contributed by atoms with van der Waals surface area (Å²) in [6.45, 7) is 1.17. The Hall–Kier alpha value is -0.640. The molecule has 0 aliphatic rings. The van der Waals surface area contributed by atoms with Crippen LogP contribution in [0, 0.1) is 0 Å². The third-order valence-corrected chi connectivity index (χ3v) is 2.33. The predicted octanol–water partition coefficient (Wildman–Crippen LogP) is 2.57. The summed E-state index contributed by atoms with van der Waals surface area (Å²) in [5.74, 6) is 0. The minimum Gasteiger partial charge on any atom is -0.380 e. The standard InChI is InChI=1S/C11H14BrNO/c1-14-8-10-7-11(12)5-4-9(10)3-2-6-13/h2-5,7H,6,8,13H2,1H3/b3-2+. The summed E-state index contributed by atoms with van der Waals surface area (Å²) in [7, 11) is 1.69. The lowest BCUT2D eigenvalue weighted by Crippen LogP contribution is -1.94. The van der Waals surface area contributed by atoms with E-state index in [1.54, 1.807) is 7.11 Å². The zero-order valence-corrected chi connectivity index (χ0v) is 9.75. The van der Waals surface area contributed by atoms with Gasteiger partial charge >= 0.3 is 0 Å². The Morgan fingerprint density at radius 2 is 2.29 bits per heavy atom. The number of halogens is 1. The molecule has 3 heteroatoms. The van der Waals surface area contributed by atoms with Gasteiger partial charge in [-0.1, -0.05) is 34.1 Å². The first-order chi connectivity index (χ1) is 6.77. The molecular formula is C11H14BrNO. The molecule has 1 rings (SSSR count). The van der Waals surface area contributed by atoms with Crippen LogP contribution in [0.15, 0.2) is 28.7 Å². The van der Waals surface area contributed by atoms with E-state index in [4.69, 9.17) is 10.5 Å². The molecular weight excluding hydrogens is 242 g/mol. The normalized spacial score (nSPS) is 11.1. The van der Waals surface area contributed by atoms with Gasteiger partial charge in [-0.2, -0.15) is 0 Å². The first kappa shape index (κ1) is 11.4. The molecule has 0 amide bonds. The van der Waals surface area contributed by atoms with Crippen LogP contribution in [0.25, 0.3) is 6.08 Å². The van der Waals surface area contributed by atoms with E-state index in [0.717, 1.165) is 15.6 Å². The van der Waals surface area contributed by atoms with E-state index < -0.39 is 0 Å². The van der Waals surface area contributed by atoms with Gasteiger partial charge in [0, 0.05) is 18.1 Å². The van der Waals surface area contributed by atoms with Crippen molar-refractivity contribution in [2.75, 3.05) is 13.7 Å². The third kappa shape index (κ3) is 3.25. The Morgan fingerprint density at radius 3 is 2.93 bits per heavy atom. The Bertz CT molecular complexity index is 323. The van der Waals surface area contributed by atoms with Gasteiger partial charge in [0.25, 0.3) is 0 Å². The smallest absolute Gasteiger partial charge is 0.0719 e. The minimum absolute atomic E-state index is 0.558. The van der Waals surface area contributed by atoms with Crippen LogP contribution in [0.1, 0.15) is 11.1 Å². The second-order valence-corrected chi connectivity index (χ2v) is 3.83. The highest BCUT2D eigenvalue weighted by atomic mass is 79.9. The number of hydrogen-bond donors (Lipinski definition) is 1. The largest absolute Gasteiger partial charge is 0.380 e. The fourth-order valence-electron chi connectivity index (χ4n) is 1.21. The number of nitrogens with two attached hydrogens (primary N) is 1. The van der Waals surface area contributed by atoms with Gasteiger partial charge in [-0.05, 0) is 23.3 Å². The van der Waals surface area contributed by atoms with Crippen LogP contribution in [-0.4, -0.2) is 13.7 Å². The molecule has 0 aliphatic carbocycles. The Labute approximate surface area is 92.9 Å². The fraction of sp³-hybridized carbons (Fsp3) is 0.273. The van der Waals surface area contributed by atoms with Crippen LogP contribution >= 0.6 is 15.9 Å². The Morgan fingerprint density at radius 1 is 1.50 bits per heavy atom. The average molecular weight is 256 g/mol. The van der Waals surface area contributed by atoms with Crippen molar-refractivity contribution < 1.29 is 4.74 Å². The number of hydrogen-bond acceptors (Lipinski definition) is 2. The summed E-state index contributed by atoms with van der Waals surface area (Å²) in [4.78, 5) is 0. The molecule has 76 valence electrons. The van der Waals surface area contributed by atoms with Gasteiger partial charge in [0.2, 0.25) is 0 Å². The lowest BCUT2D eigenvalue weighted by molar-refractivity contribution is 0.184. The van der Waals surface area contributed by atoms with E-state index in [1.807, 2.05) is 24.3 Å². The topological polar surface area (TPSA) is 35.2 Å². The molecule has 0 spiro atoms. The SMILES string of the molecule is COCc1cc(Br)ccc1/C=C/CN. The van der Waals surface area contributed by atoms with E-state index in [2.05, 4.69) is 22.0 Å². The second-order valence-electron chi connectivity index (χ2n) is 2.91. The highest BCUT2D eigenvalue weighted by Crippen LogP contribution is 2.18. The van der Waals surface area contributed by atoms with E-state index in [-0.39, 0.29) is 0 Å². The van der Waals surface area contributed by atoms with Crippen molar-refractivity contribution in [1.29, 1.82) is 0 Å². The van der Waals surface area contributed by atoms with Crippen molar-refractivity contribution in [2.24, 2.45) is 5.73 Å². The number of benzene rings is 1. The van der Waals surface area contributed by atoms with E-state index >= 15 is 0 Å². The van der Waals surface area contributed by atoms with Crippen LogP contribution in [0.4, 0.5) is 0 Å². The maximum absolute atomic E-state index is 5.40. The minimum atomic E-state index is 0.558. The summed E-state index contributed by atoms with van der Waals surface area (Å²) >= 11 is 3.43. The van der Waals surface area contributed by atoms with Crippen LogP contribution in [0.5, 0.6) is 0 Å². The zero-order chi connectivity index (χ0) is 10.4. The van der Waals surface area contributed by atoms with Crippen LogP contribution < -0.4 is 5.73 Å². The third-order valence-electron chi connectivity index (χ3n) is 1.84. The summed E-state index contributed by atoms with van der Waals surface area (Å²) < 4.78 is 6.18. The van der Waals surface area contributed by atoms with Gasteiger partial charge in [-0.15, -0.1) is 0 Å². The number of ether oxygens (including phenoxy) is 1. The van der Waals surface area contributed by atoms with Crippen molar-refractivity contribution in [3.63, 3.8) is 0 Å². The summed E-state index contributed by atoms with van der Waals surface area (Å²) in [5, 5.41) is 0. The molecule has 0 unspecified atom stereocenters. The lowest BCUT2D eigenvalue weighted by atomic mass is 10.1. The summed E-state index contributed by atoms with van der Waals surface area (Å²) in [6, 6.07) is 6.11. The molecule has 1 aromatic carbocycles. The van der Waals surface area contributed by atoms with Gasteiger partial charge < -0.3 is 10.5 Å². The highest BCUT2D eigenvalue weighted by molar-refractivity contribution is 9.10. The molecule has 0 heterocycles. The first-order valence-electron chi connectivity index (χ1n) is 4.42. The Balaban J connectivity index is 2.95. The van der Waals surface area contributed by atoms with Crippen molar-refractivity contribution in [2.45, 2.75) is 6.61 Å². The molecule has 2 nitrogen and oxygen atoms in total. The molecule has 0 bridgehead atoms. The Kier molecular flexibility index (Phi) is 4.87. The molecule has 0 aliphatic heterocycles. The average Bonchev–Trinajstić information content (AvgIpc) is 2.17. The summed E-state index contributed by atoms with van der Waals surface area (Å²) in [6.07, 6.45) is 3.95. The number of rotatable bonds is 4. The molecule has 0 aromatic heterocycles. The van der Waals surface area contributed by atoms with E-state index in [0.29, 0.717) is 13.2 Å². The summed E-state index contributed by atoms with van der Waals surface area (Å²) in [5.41, 5.74) is 7.72. The van der Waals surface area contributed by atoms with Gasteiger partial charge in [0.1, 0.15) is 0 Å². The van der Waals surface area contributed by atoms with Gasteiger partial charge in [0.15, 0.2) is 0 Å². The van der Waals surface area contributed by atoms with E-state index in [9.17, 15) is 0 Å². The van der Waals surface area contributed by atoms with Crippen molar-refractivity contribution in [3.05, 3.63) is 39.9 Å².